The number of furan rings is 1. The van der Waals surface area contributed by atoms with E-state index in [1.54, 1.807) is 25.1 Å². The second-order valence-electron chi connectivity index (χ2n) is 12.8. The van der Waals surface area contributed by atoms with Gasteiger partial charge in [-0.1, -0.05) is 76.7 Å². The number of rotatable bonds is 14. The van der Waals surface area contributed by atoms with Gasteiger partial charge in [0.25, 0.3) is 5.91 Å². The van der Waals surface area contributed by atoms with Crippen molar-refractivity contribution in [1.29, 1.82) is 0 Å². The van der Waals surface area contributed by atoms with Crippen molar-refractivity contribution in [3.05, 3.63) is 119 Å². The quantitative estimate of drug-likeness (QED) is 0.134. The summed E-state index contributed by atoms with van der Waals surface area (Å²) in [5.74, 6) is 2.65. The Morgan fingerprint density at radius 1 is 1.06 bits per heavy atom. The van der Waals surface area contributed by atoms with Gasteiger partial charge in [0.1, 0.15) is 22.9 Å². The van der Waals surface area contributed by atoms with Crippen LogP contribution in [0.5, 0.6) is 0 Å². The largest absolute Gasteiger partial charge is 0.466 e. The minimum atomic E-state index is -4.45. The number of nitrogens with one attached hydrogen (secondary N) is 1. The molecule has 1 aliphatic rings. The Morgan fingerprint density at radius 2 is 1.78 bits per heavy atom. The molecule has 2 heterocycles. The van der Waals surface area contributed by atoms with Crippen molar-refractivity contribution in [1.82, 2.24) is 10.2 Å². The summed E-state index contributed by atoms with van der Waals surface area (Å²) in [5, 5.41) is 3.71. The molecule has 5 rings (SSSR count). The number of alkyl halides is 3. The van der Waals surface area contributed by atoms with Crippen LogP contribution in [0.3, 0.4) is 0 Å². The Hall–Kier alpha value is -4.30. The zero-order valence-electron chi connectivity index (χ0n) is 30.2. The van der Waals surface area contributed by atoms with Crippen LogP contribution in [0.1, 0.15) is 86.8 Å². The summed E-state index contributed by atoms with van der Waals surface area (Å²) in [6, 6.07) is 21.0. The average molecular weight is 689 g/mol. The second-order valence-corrected chi connectivity index (χ2v) is 12.8. The molecular weight excluding hydrogens is 637 g/mol. The molecule has 1 fully saturated rings. The number of carbonyl (C=O) groups is 1. The van der Waals surface area contributed by atoms with E-state index in [-0.39, 0.29) is 17.7 Å². The Kier molecular flexibility index (Phi) is 13.5. The van der Waals surface area contributed by atoms with Crippen molar-refractivity contribution in [3.63, 3.8) is 0 Å². The summed E-state index contributed by atoms with van der Waals surface area (Å²) in [7, 11) is 0. The number of hydrogen-bond donors (Lipinski definition) is 1. The van der Waals surface area contributed by atoms with Crippen molar-refractivity contribution in [2.75, 3.05) is 26.2 Å². The van der Waals surface area contributed by atoms with Crippen molar-refractivity contribution in [2.24, 2.45) is 11.8 Å². The first-order valence-electron chi connectivity index (χ1n) is 17.8. The fraction of sp³-hybridized carbons (Fsp3) is 0.405. The molecule has 268 valence electrons. The van der Waals surface area contributed by atoms with Crippen LogP contribution in [0.2, 0.25) is 0 Å². The Morgan fingerprint density at radius 3 is 2.40 bits per heavy atom. The van der Waals surface area contributed by atoms with E-state index in [1.165, 1.54) is 6.07 Å². The van der Waals surface area contributed by atoms with Crippen LogP contribution in [-0.4, -0.2) is 37.0 Å². The molecule has 50 heavy (non-hydrogen) atoms. The van der Waals surface area contributed by atoms with Gasteiger partial charge in [0.2, 0.25) is 0 Å². The van der Waals surface area contributed by atoms with E-state index in [9.17, 15) is 18.0 Å². The lowest BCUT2D eigenvalue weighted by atomic mass is 9.83. The molecule has 3 aromatic carbocycles. The van der Waals surface area contributed by atoms with Crippen LogP contribution in [-0.2, 0) is 10.9 Å². The topological polar surface area (TPSA) is 54.7 Å². The molecule has 1 aliphatic heterocycles. The summed E-state index contributed by atoms with van der Waals surface area (Å²) in [6.07, 6.45) is 0.0647. The SMILES string of the molecule is C=C(O/C(=C/C)C1CNC1)C(c1ccccc1)C(C)CCCN(CCC)C(=O)c1cccc(-c2oc3ccc(C(F)(F)F)cc3c2C)c1.CC. The van der Waals surface area contributed by atoms with E-state index < -0.39 is 11.7 Å². The molecule has 0 bridgehead atoms. The highest BCUT2D eigenvalue weighted by Gasteiger charge is 2.32. The number of hydrogen-bond acceptors (Lipinski definition) is 4. The molecule has 0 spiro atoms. The molecule has 1 aromatic heterocycles. The summed E-state index contributed by atoms with van der Waals surface area (Å²) in [6.45, 7) is 19.4. The number of aryl methyl sites for hydroxylation is 1. The number of allylic oxidation sites excluding steroid dienone is 2. The van der Waals surface area contributed by atoms with E-state index in [1.807, 2.05) is 56.0 Å². The van der Waals surface area contributed by atoms with Gasteiger partial charge in [0.15, 0.2) is 0 Å². The highest BCUT2D eigenvalue weighted by molar-refractivity contribution is 5.96. The standard InChI is InChI=1S/C40H45F3N2O3.C2H6/c1-6-20-45(21-12-13-26(3)37(29-14-9-8-10-15-29)28(5)47-35(7-2)32-24-44-25-32)39(46)31-17-11-16-30(22-31)38-27(4)34-23-33(40(41,42)43)18-19-36(34)48-38;1-2/h7-11,14-19,22-23,26,32,37,44H,5-6,12-13,20-21,24-25H2,1-4H3;1-2H3/b35-7+;. The van der Waals surface area contributed by atoms with Crippen LogP contribution in [0.25, 0.3) is 22.3 Å². The third-order valence-electron chi connectivity index (χ3n) is 9.30. The van der Waals surface area contributed by atoms with E-state index in [0.29, 0.717) is 52.4 Å². The lowest BCUT2D eigenvalue weighted by Gasteiger charge is -2.33. The third-order valence-corrected chi connectivity index (χ3v) is 9.30. The fourth-order valence-electron chi connectivity index (χ4n) is 6.58. The summed E-state index contributed by atoms with van der Waals surface area (Å²) < 4.78 is 52.5. The van der Waals surface area contributed by atoms with E-state index in [4.69, 9.17) is 9.15 Å². The number of fused-ring (bicyclic) bond motifs is 1. The summed E-state index contributed by atoms with van der Waals surface area (Å²) in [5.41, 5.74) is 2.57. The maximum atomic E-state index is 13.8. The lowest BCUT2D eigenvalue weighted by molar-refractivity contribution is -0.137. The number of nitrogens with zero attached hydrogens (tertiary/aromatic N) is 1. The first kappa shape index (κ1) is 38.5. The molecule has 5 nitrogen and oxygen atoms in total. The molecule has 2 atom stereocenters. The predicted molar refractivity (Wildman–Crippen MR) is 197 cm³/mol. The monoisotopic (exact) mass is 688 g/mol. The van der Waals surface area contributed by atoms with Gasteiger partial charge in [-0.3, -0.25) is 4.79 Å². The van der Waals surface area contributed by atoms with Crippen molar-refractivity contribution in [2.45, 2.75) is 72.9 Å². The van der Waals surface area contributed by atoms with Crippen molar-refractivity contribution < 1.29 is 27.1 Å². The smallest absolute Gasteiger partial charge is 0.416 e. The Labute approximate surface area is 295 Å². The van der Waals surface area contributed by atoms with Crippen LogP contribution in [0.4, 0.5) is 13.2 Å². The summed E-state index contributed by atoms with van der Waals surface area (Å²) >= 11 is 0. The molecule has 2 unspecified atom stereocenters. The molecule has 1 N–H and O–H groups in total. The average Bonchev–Trinajstić information content (AvgIpc) is 3.43. The van der Waals surface area contributed by atoms with Crippen molar-refractivity contribution in [3.8, 4) is 11.3 Å². The highest BCUT2D eigenvalue weighted by Crippen LogP contribution is 2.39. The third kappa shape index (κ3) is 9.08. The maximum absolute atomic E-state index is 13.8. The zero-order chi connectivity index (χ0) is 36.4. The molecular formula is C42H51F3N2O3. The summed E-state index contributed by atoms with van der Waals surface area (Å²) in [4.78, 5) is 15.7. The number of halogens is 3. The molecule has 8 heteroatoms. The number of amides is 1. The Bertz CT molecular complexity index is 1760. The molecule has 4 aromatic rings. The fourth-order valence-corrected chi connectivity index (χ4v) is 6.58. The van der Waals surface area contributed by atoms with Gasteiger partial charge >= 0.3 is 6.18 Å². The van der Waals surface area contributed by atoms with Crippen LogP contribution >= 0.6 is 0 Å². The molecule has 0 saturated carbocycles. The van der Waals surface area contributed by atoms with Gasteiger partial charge in [-0.2, -0.15) is 13.2 Å². The highest BCUT2D eigenvalue weighted by atomic mass is 19.4. The van der Waals surface area contributed by atoms with Gasteiger partial charge < -0.3 is 19.4 Å². The maximum Gasteiger partial charge on any atom is 0.416 e. The molecule has 1 saturated heterocycles. The molecule has 0 aliphatic carbocycles. The van der Waals surface area contributed by atoms with E-state index >= 15 is 0 Å². The van der Waals surface area contributed by atoms with Gasteiger partial charge in [-0.25, -0.2) is 0 Å². The molecule has 1 amide bonds. The lowest BCUT2D eigenvalue weighted by Crippen LogP contribution is -2.43. The van der Waals surface area contributed by atoms with Gasteiger partial charge in [0.05, 0.1) is 5.56 Å². The first-order chi connectivity index (χ1) is 24.0. The predicted octanol–water partition coefficient (Wildman–Crippen LogP) is 11.2. The van der Waals surface area contributed by atoms with Gasteiger partial charge in [-0.05, 0) is 81.0 Å². The van der Waals surface area contributed by atoms with Crippen LogP contribution < -0.4 is 5.32 Å². The van der Waals surface area contributed by atoms with Gasteiger partial charge in [0, 0.05) is 60.1 Å². The molecule has 0 radical (unpaired) electrons. The van der Waals surface area contributed by atoms with Crippen LogP contribution in [0, 0.1) is 18.8 Å². The number of ether oxygens (including phenoxy) is 1. The minimum absolute atomic E-state index is 0.000420. The number of benzene rings is 3. The van der Waals surface area contributed by atoms with E-state index in [0.717, 1.165) is 61.6 Å². The van der Waals surface area contributed by atoms with E-state index in [2.05, 4.69) is 37.9 Å². The minimum Gasteiger partial charge on any atom is -0.466 e. The number of carbonyl (C=O) groups excluding carboxylic acids is 1. The van der Waals surface area contributed by atoms with Crippen molar-refractivity contribution >= 4 is 16.9 Å². The first-order valence-corrected chi connectivity index (χ1v) is 17.8. The van der Waals surface area contributed by atoms with Gasteiger partial charge in [-0.15, -0.1) is 0 Å². The zero-order valence-corrected chi connectivity index (χ0v) is 30.2. The Balaban J connectivity index is 0.00000276. The van der Waals surface area contributed by atoms with Crippen LogP contribution in [0.15, 0.2) is 101 Å². The second kappa shape index (κ2) is 17.6. The normalized spacial score (nSPS) is 14.7.